The van der Waals surface area contributed by atoms with Gasteiger partial charge in [-0.15, -0.1) is 0 Å². The van der Waals surface area contributed by atoms with Crippen LogP contribution in [0.2, 0.25) is 0 Å². The topological polar surface area (TPSA) is 82.1 Å². The van der Waals surface area contributed by atoms with Gasteiger partial charge in [-0.25, -0.2) is 4.79 Å². The summed E-state index contributed by atoms with van der Waals surface area (Å²) in [6, 6.07) is 7.10. The van der Waals surface area contributed by atoms with Crippen molar-refractivity contribution in [2.24, 2.45) is 0 Å². The van der Waals surface area contributed by atoms with E-state index in [-0.39, 0.29) is 30.6 Å². The molecule has 2 heterocycles. The summed E-state index contributed by atoms with van der Waals surface area (Å²) in [6.07, 6.45) is 3.90. The molecule has 142 valence electrons. The fraction of sp³-hybridized carbons (Fsp3) is 0.579. The number of amides is 3. The standard InChI is InChI=1S/C19H27N3O4/c1-26-17-7-5-16(6-8-17)22-13-14(12-18(22)24)20-19(25)21-10-3-2-4-15(21)9-11-23/h5-8,14-15,23H,2-4,9-13H2,1H3,(H,20,25)/t14-,15+/m1/s1. The lowest BCUT2D eigenvalue weighted by Gasteiger charge is -2.36. The summed E-state index contributed by atoms with van der Waals surface area (Å²) >= 11 is 0. The Balaban J connectivity index is 1.60. The number of aliphatic hydroxyl groups is 1. The first-order chi connectivity index (χ1) is 12.6. The van der Waals surface area contributed by atoms with E-state index in [0.29, 0.717) is 25.9 Å². The quantitative estimate of drug-likeness (QED) is 0.837. The summed E-state index contributed by atoms with van der Waals surface area (Å²) in [5.74, 6) is 0.747. The second kappa shape index (κ2) is 8.40. The zero-order chi connectivity index (χ0) is 18.5. The van der Waals surface area contributed by atoms with E-state index in [4.69, 9.17) is 4.74 Å². The van der Waals surface area contributed by atoms with Crippen LogP contribution in [-0.2, 0) is 4.79 Å². The van der Waals surface area contributed by atoms with Crippen LogP contribution < -0.4 is 15.0 Å². The number of nitrogens with zero attached hydrogens (tertiary/aromatic N) is 2. The number of carbonyl (C=O) groups excluding carboxylic acids is 2. The molecule has 0 aliphatic carbocycles. The van der Waals surface area contributed by atoms with Crippen LogP contribution in [0.3, 0.4) is 0 Å². The summed E-state index contributed by atoms with van der Waals surface area (Å²) in [6.45, 7) is 1.26. The van der Waals surface area contributed by atoms with E-state index in [2.05, 4.69) is 5.32 Å². The summed E-state index contributed by atoms with van der Waals surface area (Å²) in [4.78, 5) is 28.5. The molecule has 0 radical (unpaired) electrons. The number of likely N-dealkylation sites (tertiary alicyclic amines) is 1. The Morgan fingerprint density at radius 2 is 2.08 bits per heavy atom. The molecular weight excluding hydrogens is 334 g/mol. The monoisotopic (exact) mass is 361 g/mol. The van der Waals surface area contributed by atoms with E-state index in [9.17, 15) is 14.7 Å². The molecule has 26 heavy (non-hydrogen) atoms. The van der Waals surface area contributed by atoms with E-state index < -0.39 is 0 Å². The van der Waals surface area contributed by atoms with Crippen molar-refractivity contribution in [2.45, 2.75) is 44.2 Å². The summed E-state index contributed by atoms with van der Waals surface area (Å²) in [7, 11) is 1.60. The van der Waals surface area contributed by atoms with Gasteiger partial charge in [0, 0.05) is 37.8 Å². The summed E-state index contributed by atoms with van der Waals surface area (Å²) < 4.78 is 5.15. The Labute approximate surface area is 153 Å². The highest BCUT2D eigenvalue weighted by molar-refractivity contribution is 5.96. The third kappa shape index (κ3) is 4.09. The van der Waals surface area contributed by atoms with Crippen molar-refractivity contribution in [1.29, 1.82) is 0 Å². The van der Waals surface area contributed by atoms with E-state index in [1.807, 2.05) is 29.2 Å². The average molecular weight is 361 g/mol. The molecule has 7 heteroatoms. The number of urea groups is 1. The molecule has 2 N–H and O–H groups in total. The van der Waals surface area contributed by atoms with Crippen LogP contribution in [0, 0.1) is 0 Å². The van der Waals surface area contributed by atoms with Crippen molar-refractivity contribution < 1.29 is 19.4 Å². The van der Waals surface area contributed by atoms with Gasteiger partial charge in [0.1, 0.15) is 5.75 Å². The number of hydrogen-bond donors (Lipinski definition) is 2. The van der Waals surface area contributed by atoms with Crippen LogP contribution in [0.4, 0.5) is 10.5 Å². The molecule has 2 aliphatic rings. The second-order valence-corrected chi connectivity index (χ2v) is 6.91. The van der Waals surface area contributed by atoms with Gasteiger partial charge in [-0.1, -0.05) is 0 Å². The number of carbonyl (C=O) groups is 2. The number of aliphatic hydroxyl groups excluding tert-OH is 1. The molecule has 2 saturated heterocycles. The van der Waals surface area contributed by atoms with Crippen LogP contribution in [-0.4, -0.2) is 60.8 Å². The number of rotatable bonds is 5. The Morgan fingerprint density at radius 1 is 1.31 bits per heavy atom. The molecule has 2 aliphatic heterocycles. The summed E-state index contributed by atoms with van der Waals surface area (Å²) in [5.41, 5.74) is 0.809. The van der Waals surface area contributed by atoms with Crippen LogP contribution in [0.15, 0.2) is 24.3 Å². The molecule has 2 fully saturated rings. The lowest BCUT2D eigenvalue weighted by molar-refractivity contribution is -0.117. The number of hydrogen-bond acceptors (Lipinski definition) is 4. The first kappa shape index (κ1) is 18.5. The molecule has 0 aromatic heterocycles. The van der Waals surface area contributed by atoms with E-state index in [1.54, 1.807) is 12.0 Å². The third-order valence-corrected chi connectivity index (χ3v) is 5.19. The van der Waals surface area contributed by atoms with Crippen molar-refractivity contribution in [3.8, 4) is 5.75 Å². The normalized spacial score (nSPS) is 23.2. The van der Waals surface area contributed by atoms with Crippen LogP contribution in [0.25, 0.3) is 0 Å². The maximum Gasteiger partial charge on any atom is 0.317 e. The van der Waals surface area contributed by atoms with Crippen LogP contribution in [0.1, 0.15) is 32.1 Å². The molecule has 0 spiro atoms. The van der Waals surface area contributed by atoms with Crippen molar-refractivity contribution in [2.75, 3.05) is 31.7 Å². The number of anilines is 1. The summed E-state index contributed by atoms with van der Waals surface area (Å²) in [5, 5.41) is 12.2. The molecule has 0 unspecified atom stereocenters. The highest BCUT2D eigenvalue weighted by atomic mass is 16.5. The predicted molar refractivity (Wildman–Crippen MR) is 98.3 cm³/mol. The van der Waals surface area contributed by atoms with Crippen LogP contribution >= 0.6 is 0 Å². The maximum atomic E-state index is 12.7. The number of nitrogens with one attached hydrogen (secondary N) is 1. The van der Waals surface area contributed by atoms with Gasteiger partial charge in [0.25, 0.3) is 0 Å². The zero-order valence-electron chi connectivity index (χ0n) is 15.2. The minimum absolute atomic E-state index is 0.00557. The smallest absolute Gasteiger partial charge is 0.317 e. The fourth-order valence-electron chi connectivity index (χ4n) is 3.79. The highest BCUT2D eigenvalue weighted by Crippen LogP contribution is 2.25. The average Bonchev–Trinajstić information content (AvgIpc) is 3.02. The largest absolute Gasteiger partial charge is 0.497 e. The molecule has 3 amide bonds. The lowest BCUT2D eigenvalue weighted by atomic mass is 10.00. The van der Waals surface area contributed by atoms with Gasteiger partial charge >= 0.3 is 6.03 Å². The number of benzene rings is 1. The first-order valence-corrected chi connectivity index (χ1v) is 9.24. The van der Waals surface area contributed by atoms with Crippen LogP contribution in [0.5, 0.6) is 5.75 Å². The SMILES string of the molecule is COc1ccc(N2C[C@H](NC(=O)N3CCCC[C@H]3CCO)CC2=O)cc1. The maximum absolute atomic E-state index is 12.7. The fourth-order valence-corrected chi connectivity index (χ4v) is 3.79. The van der Waals surface area contributed by atoms with Gasteiger partial charge in [0.15, 0.2) is 0 Å². The third-order valence-electron chi connectivity index (χ3n) is 5.19. The van der Waals surface area contributed by atoms with Crippen molar-refractivity contribution in [3.05, 3.63) is 24.3 Å². The molecule has 1 aromatic carbocycles. The van der Waals surface area contributed by atoms with Gasteiger partial charge in [-0.2, -0.15) is 0 Å². The second-order valence-electron chi connectivity index (χ2n) is 6.91. The van der Waals surface area contributed by atoms with Gasteiger partial charge in [0.2, 0.25) is 5.91 Å². The Hall–Kier alpha value is -2.28. The number of piperidine rings is 1. The predicted octanol–water partition coefficient (Wildman–Crippen LogP) is 1.75. The molecule has 1 aromatic rings. The van der Waals surface area contributed by atoms with Crippen molar-refractivity contribution in [1.82, 2.24) is 10.2 Å². The van der Waals surface area contributed by atoms with E-state index >= 15 is 0 Å². The minimum Gasteiger partial charge on any atom is -0.497 e. The minimum atomic E-state index is -0.200. The van der Waals surface area contributed by atoms with Crippen molar-refractivity contribution >= 4 is 17.6 Å². The van der Waals surface area contributed by atoms with Crippen molar-refractivity contribution in [3.63, 3.8) is 0 Å². The zero-order valence-corrected chi connectivity index (χ0v) is 15.2. The molecule has 0 saturated carbocycles. The van der Waals surface area contributed by atoms with E-state index in [0.717, 1.165) is 30.7 Å². The van der Waals surface area contributed by atoms with Gasteiger partial charge < -0.3 is 25.0 Å². The molecular formula is C19H27N3O4. The lowest BCUT2D eigenvalue weighted by Crippen LogP contribution is -2.52. The Morgan fingerprint density at radius 3 is 2.77 bits per heavy atom. The van der Waals surface area contributed by atoms with Gasteiger partial charge in [-0.05, 0) is 49.9 Å². The Bertz CT molecular complexity index is 632. The Kier molecular flexibility index (Phi) is 5.98. The van der Waals surface area contributed by atoms with E-state index in [1.165, 1.54) is 0 Å². The molecule has 3 rings (SSSR count). The molecule has 0 bridgehead atoms. The molecule has 7 nitrogen and oxygen atoms in total. The molecule has 2 atom stereocenters. The van der Waals surface area contributed by atoms with Gasteiger partial charge in [-0.3, -0.25) is 4.79 Å². The van der Waals surface area contributed by atoms with Gasteiger partial charge in [0.05, 0.1) is 13.2 Å². The first-order valence-electron chi connectivity index (χ1n) is 9.24. The number of methoxy groups -OCH3 is 1. The highest BCUT2D eigenvalue weighted by Gasteiger charge is 2.34. The number of ether oxygens (including phenoxy) is 1.